The summed E-state index contributed by atoms with van der Waals surface area (Å²) >= 11 is 0. The average molecular weight is 865 g/mol. The smallest absolute Gasteiger partial charge is 0.145 e. The van der Waals surface area contributed by atoms with E-state index in [1.54, 1.807) is 0 Å². The van der Waals surface area contributed by atoms with Crippen LogP contribution >= 0.6 is 0 Å². The van der Waals surface area contributed by atoms with Crippen LogP contribution in [0.1, 0.15) is 11.1 Å². The third-order valence-corrected chi connectivity index (χ3v) is 13.3. The van der Waals surface area contributed by atoms with Gasteiger partial charge in [0.1, 0.15) is 11.6 Å². The van der Waals surface area contributed by atoms with Gasteiger partial charge in [-0.15, -0.1) is 0 Å². The zero-order valence-corrected chi connectivity index (χ0v) is 36.5. The molecule has 0 fully saturated rings. The van der Waals surface area contributed by atoms with Gasteiger partial charge in [0.25, 0.3) is 0 Å². The number of aromatic nitrogens is 4. The quantitative estimate of drug-likeness (QED) is 0.156. The van der Waals surface area contributed by atoms with E-state index in [0.717, 1.165) is 111 Å². The number of hydrogen-bond acceptors (Lipinski definition) is 4. The minimum absolute atomic E-state index is 0.606. The molecule has 0 saturated heterocycles. The van der Waals surface area contributed by atoms with Gasteiger partial charge in [-0.3, -0.25) is 9.13 Å². The number of fused-ring (bicyclic) bond motifs is 12. The molecule has 13 rings (SSSR count). The maximum atomic E-state index is 9.70. The summed E-state index contributed by atoms with van der Waals surface area (Å²) in [4.78, 5) is 11.0. The third-order valence-electron chi connectivity index (χ3n) is 13.3. The first-order valence-corrected chi connectivity index (χ1v) is 22.6. The highest BCUT2D eigenvalue weighted by molar-refractivity contribution is 6.25. The minimum atomic E-state index is 0.606. The van der Waals surface area contributed by atoms with Gasteiger partial charge >= 0.3 is 0 Å². The number of imidazole rings is 2. The van der Waals surface area contributed by atoms with Gasteiger partial charge in [-0.05, 0) is 111 Å². The molecule has 6 nitrogen and oxygen atoms in total. The monoisotopic (exact) mass is 864 g/mol. The van der Waals surface area contributed by atoms with E-state index in [2.05, 4.69) is 191 Å². The predicted octanol–water partition coefficient (Wildman–Crippen LogP) is 15.4. The van der Waals surface area contributed by atoms with E-state index in [0.29, 0.717) is 11.1 Å². The lowest BCUT2D eigenvalue weighted by Gasteiger charge is -2.14. The third kappa shape index (κ3) is 6.10. The van der Waals surface area contributed by atoms with Gasteiger partial charge < -0.3 is 0 Å². The van der Waals surface area contributed by atoms with E-state index in [4.69, 9.17) is 9.97 Å². The largest absolute Gasteiger partial charge is 0.292 e. The van der Waals surface area contributed by atoms with Gasteiger partial charge in [-0.1, -0.05) is 152 Å². The summed E-state index contributed by atoms with van der Waals surface area (Å²) in [6.07, 6.45) is 0. The lowest BCUT2D eigenvalue weighted by Crippen LogP contribution is -1.99. The summed E-state index contributed by atoms with van der Waals surface area (Å²) < 4.78 is 4.51. The molecule has 0 N–H and O–H groups in total. The van der Waals surface area contributed by atoms with Crippen molar-refractivity contribution in [1.82, 2.24) is 19.1 Å². The Balaban J connectivity index is 0.957. The standard InChI is InChI=1S/C62H36N6/c63-37-39-26-30-47(31-27-39)67-59-55-24-7-3-20-51(55)49-18-1-5-22-53(49)57(59)65-61(67)45-16-10-14-43(35-45)41-12-9-13-42(34-41)44-15-11-17-46(36-44)62-66-58-54-23-6-2-19-50(54)52-21-4-8-25-56(52)60(58)68(62)48-32-28-40(38-64)29-33-48/h1-36H. The topological polar surface area (TPSA) is 83.2 Å². The molecule has 0 amide bonds. The molecule has 0 saturated carbocycles. The van der Waals surface area contributed by atoms with Gasteiger partial charge in [-0.25, -0.2) is 9.97 Å². The Morgan fingerprint density at radius 1 is 0.294 bits per heavy atom. The molecule has 6 heteroatoms. The van der Waals surface area contributed by atoms with Crippen LogP contribution in [0.5, 0.6) is 0 Å². The molecule has 0 aliphatic heterocycles. The maximum absolute atomic E-state index is 9.70. The molecule has 0 aliphatic rings. The van der Waals surface area contributed by atoms with Gasteiger partial charge in [0.2, 0.25) is 0 Å². The second kappa shape index (κ2) is 15.5. The molecule has 0 radical (unpaired) electrons. The Morgan fingerprint density at radius 3 is 0.941 bits per heavy atom. The van der Waals surface area contributed by atoms with Crippen molar-refractivity contribution in [3.05, 3.63) is 230 Å². The van der Waals surface area contributed by atoms with Crippen LogP contribution in [-0.4, -0.2) is 19.1 Å². The van der Waals surface area contributed by atoms with Crippen LogP contribution in [0.15, 0.2) is 218 Å². The zero-order valence-electron chi connectivity index (χ0n) is 36.5. The molecule has 68 heavy (non-hydrogen) atoms. The van der Waals surface area contributed by atoms with Crippen molar-refractivity contribution in [2.45, 2.75) is 0 Å². The molecule has 11 aromatic carbocycles. The molecule has 0 bridgehead atoms. The molecule has 2 heterocycles. The highest BCUT2D eigenvalue weighted by Gasteiger charge is 2.23. The number of nitriles is 2. The zero-order chi connectivity index (χ0) is 45.3. The van der Waals surface area contributed by atoms with Crippen LogP contribution in [-0.2, 0) is 0 Å². The van der Waals surface area contributed by atoms with E-state index < -0.39 is 0 Å². The minimum Gasteiger partial charge on any atom is -0.292 e. The Kier molecular flexibility index (Phi) is 8.86. The number of benzene rings is 11. The lowest BCUT2D eigenvalue weighted by molar-refractivity contribution is 1.10. The Hall–Kier alpha value is -9.62. The van der Waals surface area contributed by atoms with Gasteiger partial charge in [-0.2, -0.15) is 10.5 Å². The van der Waals surface area contributed by atoms with Crippen LogP contribution < -0.4 is 0 Å². The highest BCUT2D eigenvalue weighted by atomic mass is 15.1. The second-order valence-electron chi connectivity index (χ2n) is 17.2. The van der Waals surface area contributed by atoms with Crippen LogP contribution in [0.3, 0.4) is 0 Å². The fraction of sp³-hybridized carbons (Fsp3) is 0. The van der Waals surface area contributed by atoms with E-state index >= 15 is 0 Å². The molecule has 2 aromatic heterocycles. The number of hydrogen-bond donors (Lipinski definition) is 0. The summed E-state index contributed by atoms with van der Waals surface area (Å²) in [5.74, 6) is 1.64. The molecule has 0 unspecified atom stereocenters. The van der Waals surface area contributed by atoms with Gasteiger partial charge in [0, 0.05) is 44.0 Å². The summed E-state index contributed by atoms with van der Waals surface area (Å²) in [5.41, 5.74) is 13.2. The van der Waals surface area contributed by atoms with Crippen LogP contribution in [0.2, 0.25) is 0 Å². The predicted molar refractivity (Wildman–Crippen MR) is 277 cm³/mol. The van der Waals surface area contributed by atoms with E-state index in [-0.39, 0.29) is 0 Å². The van der Waals surface area contributed by atoms with Crippen molar-refractivity contribution in [3.63, 3.8) is 0 Å². The SMILES string of the molecule is N#Cc1ccc(-n2c(-c3cccc(-c4cccc(-c5cccc(-c6nc7c8ccccc8c8ccccc8c7n6-c6ccc(C#N)cc6)c5)c4)c3)nc3c4ccccc4c4ccccc4c32)cc1. The Labute approximate surface area is 391 Å². The summed E-state index contributed by atoms with van der Waals surface area (Å²) in [6, 6.07) is 80.2. The van der Waals surface area contributed by atoms with Crippen molar-refractivity contribution < 1.29 is 0 Å². The van der Waals surface area contributed by atoms with Gasteiger partial charge in [0.05, 0.1) is 45.3 Å². The molecular weight excluding hydrogens is 829 g/mol. The van der Waals surface area contributed by atoms with Crippen LogP contribution in [0.4, 0.5) is 0 Å². The van der Waals surface area contributed by atoms with E-state index in [1.165, 1.54) is 10.8 Å². The van der Waals surface area contributed by atoms with Crippen molar-refractivity contribution in [3.8, 4) is 68.5 Å². The molecule has 13 aromatic rings. The van der Waals surface area contributed by atoms with Crippen LogP contribution in [0, 0.1) is 22.7 Å². The summed E-state index contributed by atoms with van der Waals surface area (Å²) in [5, 5.41) is 28.5. The fourth-order valence-electron chi connectivity index (χ4n) is 10.2. The van der Waals surface area contributed by atoms with Crippen molar-refractivity contribution >= 4 is 65.2 Å². The number of nitrogens with zero attached hydrogens (tertiary/aromatic N) is 6. The van der Waals surface area contributed by atoms with Crippen molar-refractivity contribution in [2.75, 3.05) is 0 Å². The summed E-state index contributed by atoms with van der Waals surface area (Å²) in [7, 11) is 0. The van der Waals surface area contributed by atoms with E-state index in [1.807, 2.05) is 48.5 Å². The van der Waals surface area contributed by atoms with Gasteiger partial charge in [0.15, 0.2) is 0 Å². The van der Waals surface area contributed by atoms with Crippen LogP contribution in [0.25, 0.3) is 122 Å². The Morgan fingerprint density at radius 2 is 0.588 bits per heavy atom. The molecule has 0 atom stereocenters. The van der Waals surface area contributed by atoms with E-state index in [9.17, 15) is 10.5 Å². The molecular formula is C62H36N6. The normalized spacial score (nSPS) is 11.5. The second-order valence-corrected chi connectivity index (χ2v) is 17.2. The lowest BCUT2D eigenvalue weighted by atomic mass is 9.97. The highest BCUT2D eigenvalue weighted by Crippen LogP contribution is 2.42. The fourth-order valence-corrected chi connectivity index (χ4v) is 10.2. The van der Waals surface area contributed by atoms with Crippen molar-refractivity contribution in [2.24, 2.45) is 0 Å². The average Bonchev–Trinajstić information content (AvgIpc) is 4.03. The first-order chi connectivity index (χ1) is 33.6. The molecule has 314 valence electrons. The summed E-state index contributed by atoms with van der Waals surface area (Å²) in [6.45, 7) is 0. The first-order valence-electron chi connectivity index (χ1n) is 22.6. The number of rotatable bonds is 6. The Bertz CT molecular complexity index is 4000. The molecule has 0 aliphatic carbocycles. The van der Waals surface area contributed by atoms with Crippen molar-refractivity contribution in [1.29, 1.82) is 10.5 Å². The maximum Gasteiger partial charge on any atom is 0.145 e. The first kappa shape index (κ1) is 38.8. The molecule has 0 spiro atoms.